The SMILES string of the molecule is O=C1N=C(N2CCCCCC2)S/C1=C\c1cccc(O)c1. The number of amidine groups is 1. The molecular weight excluding hydrogens is 284 g/mol. The van der Waals surface area contributed by atoms with Gasteiger partial charge < -0.3 is 10.0 Å². The van der Waals surface area contributed by atoms with Crippen LogP contribution >= 0.6 is 11.8 Å². The Morgan fingerprint density at radius 3 is 2.67 bits per heavy atom. The van der Waals surface area contributed by atoms with Crippen LogP contribution in [0.15, 0.2) is 34.2 Å². The summed E-state index contributed by atoms with van der Waals surface area (Å²) in [5, 5.41) is 10.3. The summed E-state index contributed by atoms with van der Waals surface area (Å²) in [6, 6.07) is 6.89. The number of likely N-dealkylation sites (tertiary alicyclic amines) is 1. The summed E-state index contributed by atoms with van der Waals surface area (Å²) in [5.74, 6) is 0.0241. The molecule has 1 saturated heterocycles. The van der Waals surface area contributed by atoms with Gasteiger partial charge in [-0.15, -0.1) is 0 Å². The Bertz CT molecular complexity index is 602. The second kappa shape index (κ2) is 6.35. The minimum absolute atomic E-state index is 0.178. The highest BCUT2D eigenvalue weighted by atomic mass is 32.2. The van der Waals surface area contributed by atoms with Gasteiger partial charge in [-0.2, -0.15) is 4.99 Å². The van der Waals surface area contributed by atoms with Gasteiger partial charge in [-0.25, -0.2) is 0 Å². The van der Waals surface area contributed by atoms with E-state index in [0.717, 1.165) is 23.8 Å². The summed E-state index contributed by atoms with van der Waals surface area (Å²) in [4.78, 5) is 19.1. The highest BCUT2D eigenvalue weighted by Crippen LogP contribution is 2.31. The van der Waals surface area contributed by atoms with Gasteiger partial charge in [0, 0.05) is 13.1 Å². The van der Waals surface area contributed by atoms with E-state index in [4.69, 9.17) is 0 Å². The van der Waals surface area contributed by atoms with Crippen molar-refractivity contribution in [3.05, 3.63) is 34.7 Å². The average Bonchev–Trinajstić information content (AvgIpc) is 2.68. The van der Waals surface area contributed by atoms with Crippen molar-refractivity contribution in [1.82, 2.24) is 4.90 Å². The summed E-state index contributed by atoms with van der Waals surface area (Å²) in [7, 11) is 0. The van der Waals surface area contributed by atoms with E-state index in [-0.39, 0.29) is 11.7 Å². The van der Waals surface area contributed by atoms with Gasteiger partial charge in [0.05, 0.1) is 4.91 Å². The highest BCUT2D eigenvalue weighted by molar-refractivity contribution is 8.18. The van der Waals surface area contributed by atoms with E-state index in [9.17, 15) is 9.90 Å². The van der Waals surface area contributed by atoms with Crippen molar-refractivity contribution in [3.63, 3.8) is 0 Å². The summed E-state index contributed by atoms with van der Waals surface area (Å²) in [6.07, 6.45) is 6.64. The van der Waals surface area contributed by atoms with Crippen LogP contribution in [0.2, 0.25) is 0 Å². The lowest BCUT2D eigenvalue weighted by Gasteiger charge is -2.20. The van der Waals surface area contributed by atoms with Gasteiger partial charge in [0.25, 0.3) is 5.91 Å². The Morgan fingerprint density at radius 1 is 1.19 bits per heavy atom. The van der Waals surface area contributed by atoms with Crippen LogP contribution in [0, 0.1) is 0 Å². The Balaban J connectivity index is 1.75. The van der Waals surface area contributed by atoms with Crippen LogP contribution in [0.4, 0.5) is 0 Å². The van der Waals surface area contributed by atoms with Gasteiger partial charge in [-0.05, 0) is 48.4 Å². The van der Waals surface area contributed by atoms with Crippen LogP contribution in [0.5, 0.6) is 5.75 Å². The van der Waals surface area contributed by atoms with Crippen LogP contribution in [0.1, 0.15) is 31.2 Å². The van der Waals surface area contributed by atoms with Crippen LogP contribution < -0.4 is 0 Å². The minimum Gasteiger partial charge on any atom is -0.508 e. The number of rotatable bonds is 1. The molecule has 0 spiro atoms. The molecule has 0 saturated carbocycles. The third-order valence-electron chi connectivity index (χ3n) is 3.65. The zero-order chi connectivity index (χ0) is 14.7. The molecule has 0 unspecified atom stereocenters. The molecule has 110 valence electrons. The molecule has 4 nitrogen and oxygen atoms in total. The molecule has 1 fully saturated rings. The number of hydrogen-bond acceptors (Lipinski definition) is 4. The first kappa shape index (κ1) is 14.2. The quantitative estimate of drug-likeness (QED) is 0.809. The Morgan fingerprint density at radius 2 is 1.95 bits per heavy atom. The second-order valence-corrected chi connectivity index (χ2v) is 6.32. The highest BCUT2D eigenvalue weighted by Gasteiger charge is 2.26. The van der Waals surface area contributed by atoms with E-state index < -0.39 is 0 Å². The summed E-state index contributed by atoms with van der Waals surface area (Å²) < 4.78 is 0. The number of carbonyl (C=O) groups is 1. The molecule has 1 aromatic carbocycles. The van der Waals surface area contributed by atoms with Crippen molar-refractivity contribution < 1.29 is 9.90 Å². The van der Waals surface area contributed by atoms with Gasteiger partial charge in [0.2, 0.25) is 0 Å². The van der Waals surface area contributed by atoms with Crippen molar-refractivity contribution in [2.45, 2.75) is 25.7 Å². The second-order valence-electron chi connectivity index (χ2n) is 5.31. The third kappa shape index (κ3) is 3.47. The molecule has 1 N–H and O–H groups in total. The molecular formula is C16H18N2O2S. The third-order valence-corrected chi connectivity index (χ3v) is 4.70. The van der Waals surface area contributed by atoms with Crippen molar-refractivity contribution in [2.24, 2.45) is 4.99 Å². The number of benzene rings is 1. The van der Waals surface area contributed by atoms with Gasteiger partial charge in [0.15, 0.2) is 5.17 Å². The van der Waals surface area contributed by atoms with E-state index >= 15 is 0 Å². The van der Waals surface area contributed by atoms with Crippen molar-refractivity contribution in [2.75, 3.05) is 13.1 Å². The van der Waals surface area contributed by atoms with E-state index in [0.29, 0.717) is 4.91 Å². The lowest BCUT2D eigenvalue weighted by Crippen LogP contribution is -2.28. The first-order valence-corrected chi connectivity index (χ1v) is 8.10. The maximum absolute atomic E-state index is 12.0. The summed E-state index contributed by atoms with van der Waals surface area (Å²) in [5.41, 5.74) is 0.818. The number of amides is 1. The molecule has 21 heavy (non-hydrogen) atoms. The minimum atomic E-state index is -0.178. The Labute approximate surface area is 128 Å². The molecule has 2 aliphatic heterocycles. The maximum Gasteiger partial charge on any atom is 0.286 e. The number of nitrogens with zero attached hydrogens (tertiary/aromatic N) is 2. The first-order chi connectivity index (χ1) is 10.2. The maximum atomic E-state index is 12.0. The average molecular weight is 302 g/mol. The first-order valence-electron chi connectivity index (χ1n) is 7.29. The molecule has 5 heteroatoms. The van der Waals surface area contributed by atoms with Gasteiger partial charge >= 0.3 is 0 Å². The number of carbonyl (C=O) groups excluding carboxylic acids is 1. The smallest absolute Gasteiger partial charge is 0.286 e. The molecule has 0 aromatic heterocycles. The van der Waals surface area contributed by atoms with E-state index in [2.05, 4.69) is 9.89 Å². The van der Waals surface area contributed by atoms with E-state index in [1.54, 1.807) is 24.3 Å². The molecule has 2 aliphatic rings. The predicted octanol–water partition coefficient (Wildman–Crippen LogP) is 3.24. The fourth-order valence-corrected chi connectivity index (χ4v) is 3.53. The van der Waals surface area contributed by atoms with E-state index in [1.807, 2.05) is 6.07 Å². The number of phenols is 1. The van der Waals surface area contributed by atoms with Crippen molar-refractivity contribution >= 4 is 28.9 Å². The fraction of sp³-hybridized carbons (Fsp3) is 0.375. The molecule has 2 heterocycles. The zero-order valence-electron chi connectivity index (χ0n) is 11.8. The lowest BCUT2D eigenvalue weighted by atomic mass is 10.2. The monoisotopic (exact) mass is 302 g/mol. The molecule has 0 atom stereocenters. The Kier molecular flexibility index (Phi) is 4.29. The molecule has 0 aliphatic carbocycles. The number of aromatic hydroxyl groups is 1. The molecule has 3 rings (SSSR count). The predicted molar refractivity (Wildman–Crippen MR) is 86.2 cm³/mol. The lowest BCUT2D eigenvalue weighted by molar-refractivity contribution is -0.113. The number of hydrogen-bond donors (Lipinski definition) is 1. The summed E-state index contributed by atoms with van der Waals surface area (Å²) in [6.45, 7) is 1.97. The Hall–Kier alpha value is -1.75. The van der Waals surface area contributed by atoms with Crippen LogP contribution in [0.3, 0.4) is 0 Å². The number of phenolic OH excluding ortho intramolecular Hbond substituents is 1. The fourth-order valence-electron chi connectivity index (χ4n) is 2.56. The van der Waals surface area contributed by atoms with Gasteiger partial charge in [-0.3, -0.25) is 4.79 Å². The van der Waals surface area contributed by atoms with Gasteiger partial charge in [0.1, 0.15) is 5.75 Å². The van der Waals surface area contributed by atoms with E-state index in [1.165, 1.54) is 37.4 Å². The number of aliphatic imine (C=N–C) groups is 1. The normalized spacial score (nSPS) is 21.5. The molecule has 0 radical (unpaired) electrons. The van der Waals surface area contributed by atoms with Crippen molar-refractivity contribution in [1.29, 1.82) is 0 Å². The standard InChI is InChI=1S/C16H18N2O2S/c19-13-7-5-6-12(10-13)11-14-15(20)17-16(21-14)18-8-3-1-2-4-9-18/h5-7,10-11,19H,1-4,8-9H2/b14-11-. The van der Waals surface area contributed by atoms with Crippen LogP contribution in [-0.2, 0) is 4.79 Å². The summed E-state index contributed by atoms with van der Waals surface area (Å²) >= 11 is 1.44. The molecule has 1 amide bonds. The van der Waals surface area contributed by atoms with Crippen LogP contribution in [-0.4, -0.2) is 34.2 Å². The van der Waals surface area contributed by atoms with Gasteiger partial charge in [-0.1, -0.05) is 25.0 Å². The largest absolute Gasteiger partial charge is 0.508 e. The molecule has 1 aromatic rings. The number of thioether (sulfide) groups is 1. The van der Waals surface area contributed by atoms with Crippen molar-refractivity contribution in [3.8, 4) is 5.75 Å². The zero-order valence-corrected chi connectivity index (χ0v) is 12.6. The topological polar surface area (TPSA) is 52.9 Å². The molecule has 0 bridgehead atoms. The van der Waals surface area contributed by atoms with Crippen LogP contribution in [0.25, 0.3) is 6.08 Å².